The first-order chi connectivity index (χ1) is 10.5. The zero-order valence-electron chi connectivity index (χ0n) is 12.9. The lowest BCUT2D eigenvalue weighted by Crippen LogP contribution is -2.43. The Balaban J connectivity index is 0.00000192. The van der Waals surface area contributed by atoms with Crippen molar-refractivity contribution in [2.24, 2.45) is 0 Å². The summed E-state index contributed by atoms with van der Waals surface area (Å²) < 4.78 is 32.1. The highest BCUT2D eigenvalue weighted by atomic mass is 35.5. The zero-order chi connectivity index (χ0) is 15.7. The number of alkyl halides is 2. The summed E-state index contributed by atoms with van der Waals surface area (Å²) in [4.78, 5) is 12.2. The Morgan fingerprint density at radius 1 is 1.48 bits per heavy atom. The van der Waals surface area contributed by atoms with Gasteiger partial charge in [0.15, 0.2) is 0 Å². The third-order valence-corrected chi connectivity index (χ3v) is 4.28. The predicted octanol–water partition coefficient (Wildman–Crippen LogP) is 2.61. The Morgan fingerprint density at radius 2 is 2.26 bits per heavy atom. The van der Waals surface area contributed by atoms with Crippen LogP contribution in [0.4, 0.5) is 8.78 Å². The number of rotatable bonds is 3. The molecule has 1 aromatic carbocycles. The van der Waals surface area contributed by atoms with Crippen molar-refractivity contribution in [3.05, 3.63) is 29.3 Å². The summed E-state index contributed by atoms with van der Waals surface area (Å²) in [5.74, 6) is -2.34. The smallest absolute Gasteiger partial charge is 0.262 e. The molecule has 1 saturated heterocycles. The van der Waals surface area contributed by atoms with Gasteiger partial charge in [0, 0.05) is 18.4 Å². The van der Waals surface area contributed by atoms with Crippen molar-refractivity contribution < 1.29 is 18.3 Å². The van der Waals surface area contributed by atoms with E-state index in [0.29, 0.717) is 13.0 Å². The van der Waals surface area contributed by atoms with Crippen LogP contribution < -0.4 is 15.4 Å². The SMILES string of the molecule is CCc1cccc2c1OCCC2NC(=O)C1CC(F)(F)CN1.Cl. The van der Waals surface area contributed by atoms with Gasteiger partial charge in [-0.2, -0.15) is 0 Å². The average Bonchev–Trinajstić information content (AvgIpc) is 2.87. The van der Waals surface area contributed by atoms with E-state index < -0.39 is 24.9 Å². The number of hydrogen-bond donors (Lipinski definition) is 2. The lowest BCUT2D eigenvalue weighted by molar-refractivity contribution is -0.124. The number of benzene rings is 1. The molecule has 0 bridgehead atoms. The third kappa shape index (κ3) is 3.75. The van der Waals surface area contributed by atoms with E-state index >= 15 is 0 Å². The fourth-order valence-corrected chi connectivity index (χ4v) is 3.09. The van der Waals surface area contributed by atoms with E-state index in [1.54, 1.807) is 0 Å². The van der Waals surface area contributed by atoms with Crippen molar-refractivity contribution in [2.45, 2.75) is 44.2 Å². The molecular formula is C16H21ClF2N2O2. The highest BCUT2D eigenvalue weighted by Crippen LogP contribution is 2.35. The van der Waals surface area contributed by atoms with Crippen LogP contribution >= 0.6 is 12.4 Å². The van der Waals surface area contributed by atoms with E-state index in [0.717, 1.165) is 23.3 Å². The van der Waals surface area contributed by atoms with Gasteiger partial charge >= 0.3 is 0 Å². The Morgan fingerprint density at radius 3 is 2.91 bits per heavy atom. The highest BCUT2D eigenvalue weighted by Gasteiger charge is 2.42. The molecule has 2 unspecified atom stereocenters. The molecule has 0 spiro atoms. The van der Waals surface area contributed by atoms with E-state index in [-0.39, 0.29) is 24.4 Å². The zero-order valence-corrected chi connectivity index (χ0v) is 13.7. The van der Waals surface area contributed by atoms with Gasteiger partial charge in [-0.15, -0.1) is 12.4 Å². The van der Waals surface area contributed by atoms with Gasteiger partial charge in [0.05, 0.1) is 25.2 Å². The topological polar surface area (TPSA) is 50.4 Å². The van der Waals surface area contributed by atoms with Crippen LogP contribution in [-0.4, -0.2) is 31.0 Å². The van der Waals surface area contributed by atoms with Gasteiger partial charge in [0.2, 0.25) is 5.91 Å². The van der Waals surface area contributed by atoms with Crippen LogP contribution in [0.3, 0.4) is 0 Å². The van der Waals surface area contributed by atoms with Gasteiger partial charge < -0.3 is 10.1 Å². The van der Waals surface area contributed by atoms with E-state index in [9.17, 15) is 13.6 Å². The van der Waals surface area contributed by atoms with Gasteiger partial charge in [-0.05, 0) is 12.0 Å². The van der Waals surface area contributed by atoms with Crippen LogP contribution in [0.15, 0.2) is 18.2 Å². The number of amides is 1. The first kappa shape index (κ1) is 17.9. The highest BCUT2D eigenvalue weighted by molar-refractivity contribution is 5.85. The molecule has 7 heteroatoms. The molecule has 0 radical (unpaired) electrons. The second-order valence-electron chi connectivity index (χ2n) is 5.88. The van der Waals surface area contributed by atoms with E-state index in [1.807, 2.05) is 25.1 Å². The molecule has 2 N–H and O–H groups in total. The number of halogens is 3. The van der Waals surface area contributed by atoms with Crippen molar-refractivity contribution in [3.63, 3.8) is 0 Å². The molecule has 2 heterocycles. The second kappa shape index (κ2) is 7.01. The van der Waals surface area contributed by atoms with Crippen molar-refractivity contribution in [1.82, 2.24) is 10.6 Å². The maximum Gasteiger partial charge on any atom is 0.262 e. The normalized spacial score (nSPS) is 25.0. The minimum absolute atomic E-state index is 0. The van der Waals surface area contributed by atoms with Gasteiger partial charge in [-0.3, -0.25) is 10.1 Å². The predicted molar refractivity (Wildman–Crippen MR) is 85.4 cm³/mol. The molecule has 2 aliphatic heterocycles. The number of ether oxygens (including phenoxy) is 1. The summed E-state index contributed by atoms with van der Waals surface area (Å²) in [5.41, 5.74) is 2.03. The van der Waals surface area contributed by atoms with Crippen molar-refractivity contribution in [3.8, 4) is 5.75 Å². The molecule has 23 heavy (non-hydrogen) atoms. The molecule has 0 aliphatic carbocycles. The molecule has 0 aromatic heterocycles. The molecule has 1 fully saturated rings. The monoisotopic (exact) mass is 346 g/mol. The summed E-state index contributed by atoms with van der Waals surface area (Å²) in [5, 5.41) is 5.48. The first-order valence-electron chi connectivity index (χ1n) is 7.66. The van der Waals surface area contributed by atoms with Gasteiger partial charge in [0.1, 0.15) is 5.75 Å². The lowest BCUT2D eigenvalue weighted by atomic mass is 9.96. The van der Waals surface area contributed by atoms with Crippen LogP contribution in [0.1, 0.15) is 36.9 Å². The molecule has 2 atom stereocenters. The molecule has 0 saturated carbocycles. The minimum Gasteiger partial charge on any atom is -0.493 e. The summed E-state index contributed by atoms with van der Waals surface area (Å²) in [6.45, 7) is 2.13. The van der Waals surface area contributed by atoms with Crippen LogP contribution in [0.25, 0.3) is 0 Å². The van der Waals surface area contributed by atoms with Crippen LogP contribution in [-0.2, 0) is 11.2 Å². The van der Waals surface area contributed by atoms with E-state index in [4.69, 9.17) is 4.74 Å². The van der Waals surface area contributed by atoms with Crippen molar-refractivity contribution >= 4 is 18.3 Å². The first-order valence-corrected chi connectivity index (χ1v) is 7.66. The summed E-state index contributed by atoms with van der Waals surface area (Å²) >= 11 is 0. The standard InChI is InChI=1S/C16H20F2N2O2.ClH/c1-2-10-4-3-5-11-12(6-7-22-14(10)11)20-15(21)13-8-16(17,18)9-19-13;/h3-5,12-13,19H,2,6-9H2,1H3,(H,20,21);1H. The van der Waals surface area contributed by atoms with Crippen molar-refractivity contribution in [1.29, 1.82) is 0 Å². The fourth-order valence-electron chi connectivity index (χ4n) is 3.09. The lowest BCUT2D eigenvalue weighted by Gasteiger charge is -2.29. The summed E-state index contributed by atoms with van der Waals surface area (Å²) in [6.07, 6.45) is 1.05. The van der Waals surface area contributed by atoms with Gasteiger partial charge in [0.25, 0.3) is 5.92 Å². The summed E-state index contributed by atoms with van der Waals surface area (Å²) in [7, 11) is 0. The maximum atomic E-state index is 13.2. The fraction of sp³-hybridized carbons (Fsp3) is 0.562. The number of nitrogens with one attached hydrogen (secondary N) is 2. The Labute approximate surface area is 140 Å². The Hall–Kier alpha value is -1.40. The molecule has 128 valence electrons. The maximum absolute atomic E-state index is 13.2. The van der Waals surface area contributed by atoms with E-state index in [2.05, 4.69) is 10.6 Å². The van der Waals surface area contributed by atoms with Gasteiger partial charge in [-0.25, -0.2) is 8.78 Å². The molecule has 1 aromatic rings. The van der Waals surface area contributed by atoms with Crippen LogP contribution in [0.5, 0.6) is 5.75 Å². The average molecular weight is 347 g/mol. The molecule has 4 nitrogen and oxygen atoms in total. The largest absolute Gasteiger partial charge is 0.493 e. The number of carbonyl (C=O) groups excluding carboxylic acids is 1. The number of hydrogen-bond acceptors (Lipinski definition) is 3. The molecule has 2 aliphatic rings. The van der Waals surface area contributed by atoms with Crippen LogP contribution in [0, 0.1) is 0 Å². The minimum atomic E-state index is -2.80. The number of fused-ring (bicyclic) bond motifs is 1. The van der Waals surface area contributed by atoms with Crippen molar-refractivity contribution in [2.75, 3.05) is 13.2 Å². The quantitative estimate of drug-likeness (QED) is 0.884. The van der Waals surface area contributed by atoms with Gasteiger partial charge in [-0.1, -0.05) is 25.1 Å². The third-order valence-electron chi connectivity index (χ3n) is 4.28. The second-order valence-corrected chi connectivity index (χ2v) is 5.88. The number of carbonyl (C=O) groups is 1. The molecular weight excluding hydrogens is 326 g/mol. The Kier molecular flexibility index (Phi) is 5.47. The molecule has 1 amide bonds. The molecule has 3 rings (SSSR count). The van der Waals surface area contributed by atoms with Crippen LogP contribution in [0.2, 0.25) is 0 Å². The van der Waals surface area contributed by atoms with E-state index in [1.165, 1.54) is 0 Å². The summed E-state index contributed by atoms with van der Waals surface area (Å²) in [6, 6.07) is 4.86. The number of aryl methyl sites for hydroxylation is 1. The Bertz CT molecular complexity index is 583. The number of para-hydroxylation sites is 1.